The number of H-pyrrole nitrogens is 2. The lowest BCUT2D eigenvalue weighted by molar-refractivity contribution is -0.0177. The lowest BCUT2D eigenvalue weighted by Crippen LogP contribution is -2.22. The molecule has 0 bridgehead atoms. The predicted molar refractivity (Wildman–Crippen MR) is 67.4 cm³/mol. The second kappa shape index (κ2) is 4.26. The highest BCUT2D eigenvalue weighted by atomic mass is 16.5. The topological polar surface area (TPSA) is 78.1 Å². The van der Waals surface area contributed by atoms with Gasteiger partial charge < -0.3 is 19.8 Å². The van der Waals surface area contributed by atoms with Crippen LogP contribution in [0.2, 0.25) is 0 Å². The molecule has 1 saturated heterocycles. The second-order valence-corrected chi connectivity index (χ2v) is 4.93. The maximum Gasteiger partial charge on any atom is 0.323 e. The van der Waals surface area contributed by atoms with Gasteiger partial charge in [-0.1, -0.05) is 13.0 Å². The summed E-state index contributed by atoms with van der Waals surface area (Å²) < 4.78 is 5.57. The maximum absolute atomic E-state index is 11.2. The van der Waals surface area contributed by atoms with Crippen LogP contribution in [-0.2, 0) is 4.74 Å². The molecule has 5 nitrogen and oxygen atoms in total. The van der Waals surface area contributed by atoms with Gasteiger partial charge in [-0.15, -0.1) is 0 Å². The van der Waals surface area contributed by atoms with Crippen LogP contribution < -0.4 is 5.69 Å². The molecule has 2 aromatic rings. The van der Waals surface area contributed by atoms with Crippen molar-refractivity contribution in [3.63, 3.8) is 0 Å². The maximum atomic E-state index is 11.2. The number of rotatable bonds is 2. The van der Waals surface area contributed by atoms with Crippen molar-refractivity contribution in [3.05, 3.63) is 34.2 Å². The highest BCUT2D eigenvalue weighted by Gasteiger charge is 2.31. The van der Waals surface area contributed by atoms with Crippen LogP contribution in [0.1, 0.15) is 25.0 Å². The van der Waals surface area contributed by atoms with Crippen LogP contribution in [0.15, 0.2) is 23.0 Å². The third-order valence-electron chi connectivity index (χ3n) is 3.64. The van der Waals surface area contributed by atoms with Crippen LogP contribution >= 0.6 is 0 Å². The van der Waals surface area contributed by atoms with Crippen molar-refractivity contribution in [2.24, 2.45) is 5.92 Å². The summed E-state index contributed by atoms with van der Waals surface area (Å²) in [4.78, 5) is 16.6. The number of aromatic nitrogens is 2. The first-order valence-electron chi connectivity index (χ1n) is 6.17. The molecule has 0 amide bonds. The fraction of sp³-hybridized carbons (Fsp3) is 0.462. The summed E-state index contributed by atoms with van der Waals surface area (Å²) in [7, 11) is 0. The van der Waals surface area contributed by atoms with Gasteiger partial charge in [0.2, 0.25) is 0 Å². The number of aliphatic hydroxyl groups excluding tert-OH is 1. The Bertz CT molecular complexity index is 616. The van der Waals surface area contributed by atoms with Crippen LogP contribution in [0, 0.1) is 5.92 Å². The van der Waals surface area contributed by atoms with Gasteiger partial charge in [0.05, 0.1) is 17.1 Å². The molecule has 5 heteroatoms. The Hall–Kier alpha value is -1.59. The monoisotopic (exact) mass is 248 g/mol. The van der Waals surface area contributed by atoms with Crippen molar-refractivity contribution in [2.45, 2.75) is 25.6 Å². The van der Waals surface area contributed by atoms with E-state index in [1.807, 2.05) is 6.07 Å². The van der Waals surface area contributed by atoms with E-state index < -0.39 is 6.10 Å². The zero-order valence-electron chi connectivity index (χ0n) is 10.1. The number of aromatic amines is 2. The summed E-state index contributed by atoms with van der Waals surface area (Å²) in [6.45, 7) is 2.78. The van der Waals surface area contributed by atoms with E-state index in [1.54, 1.807) is 12.1 Å². The van der Waals surface area contributed by atoms with Gasteiger partial charge in [-0.2, -0.15) is 0 Å². The van der Waals surface area contributed by atoms with Crippen molar-refractivity contribution in [3.8, 4) is 0 Å². The van der Waals surface area contributed by atoms with Gasteiger partial charge in [0.25, 0.3) is 0 Å². The lowest BCUT2D eigenvalue weighted by atomic mass is 9.94. The quantitative estimate of drug-likeness (QED) is 0.750. The van der Waals surface area contributed by atoms with Gasteiger partial charge in [-0.3, -0.25) is 0 Å². The molecule has 2 heterocycles. The molecule has 0 radical (unpaired) electrons. The zero-order valence-corrected chi connectivity index (χ0v) is 10.1. The Kier molecular flexibility index (Phi) is 2.72. The smallest absolute Gasteiger partial charge is 0.323 e. The molecule has 1 aliphatic heterocycles. The normalized spacial score (nSPS) is 25.7. The Morgan fingerprint density at radius 3 is 2.89 bits per heavy atom. The van der Waals surface area contributed by atoms with Gasteiger partial charge in [-0.05, 0) is 30.0 Å². The van der Waals surface area contributed by atoms with E-state index in [-0.39, 0.29) is 11.8 Å². The van der Waals surface area contributed by atoms with Crippen molar-refractivity contribution in [1.29, 1.82) is 0 Å². The third kappa shape index (κ3) is 1.85. The molecule has 96 valence electrons. The number of imidazole rings is 1. The molecule has 1 aromatic carbocycles. The molecule has 0 saturated carbocycles. The van der Waals surface area contributed by atoms with Gasteiger partial charge in [0, 0.05) is 6.61 Å². The highest BCUT2D eigenvalue weighted by Crippen LogP contribution is 2.31. The number of benzene rings is 1. The van der Waals surface area contributed by atoms with Gasteiger partial charge in [0.15, 0.2) is 0 Å². The number of nitrogens with one attached hydrogen (secondary N) is 2. The van der Waals surface area contributed by atoms with Crippen LogP contribution in [0.3, 0.4) is 0 Å². The van der Waals surface area contributed by atoms with Crippen molar-refractivity contribution >= 4 is 11.0 Å². The Morgan fingerprint density at radius 1 is 1.39 bits per heavy atom. The standard InChI is InChI=1S/C13H16N2O3/c1-7-4-5-18-12(7)11(16)8-2-3-9-10(6-8)15-13(17)14-9/h2-3,6-7,11-12,16H,4-5H2,1H3,(H2,14,15,17). The van der Waals surface area contributed by atoms with E-state index in [9.17, 15) is 9.90 Å². The van der Waals surface area contributed by atoms with Crippen LogP contribution in [0.25, 0.3) is 11.0 Å². The minimum atomic E-state index is -0.648. The lowest BCUT2D eigenvalue weighted by Gasteiger charge is -2.21. The molecular weight excluding hydrogens is 232 g/mol. The first kappa shape index (κ1) is 11.5. The number of aliphatic hydroxyl groups is 1. The molecule has 0 aliphatic carbocycles. The molecule has 1 fully saturated rings. The molecule has 1 aromatic heterocycles. The summed E-state index contributed by atoms with van der Waals surface area (Å²) >= 11 is 0. The summed E-state index contributed by atoms with van der Waals surface area (Å²) in [6.07, 6.45) is 0.170. The van der Waals surface area contributed by atoms with E-state index >= 15 is 0 Å². The predicted octanol–water partition coefficient (Wildman–Crippen LogP) is 1.31. The fourth-order valence-electron chi connectivity index (χ4n) is 2.54. The molecule has 0 spiro atoms. The van der Waals surface area contributed by atoms with E-state index in [0.717, 1.165) is 17.5 Å². The second-order valence-electron chi connectivity index (χ2n) is 4.93. The van der Waals surface area contributed by atoms with E-state index in [1.165, 1.54) is 0 Å². The molecular formula is C13H16N2O3. The fourth-order valence-corrected chi connectivity index (χ4v) is 2.54. The van der Waals surface area contributed by atoms with Gasteiger partial charge in [-0.25, -0.2) is 4.79 Å². The van der Waals surface area contributed by atoms with Crippen molar-refractivity contribution in [2.75, 3.05) is 6.61 Å². The Labute approximate surface area is 104 Å². The number of fused-ring (bicyclic) bond motifs is 1. The highest BCUT2D eigenvalue weighted by molar-refractivity contribution is 5.75. The SMILES string of the molecule is CC1CCOC1C(O)c1ccc2[nH]c(=O)[nH]c2c1. The number of ether oxygens (including phenoxy) is 1. The average molecular weight is 248 g/mol. The largest absolute Gasteiger partial charge is 0.386 e. The van der Waals surface area contributed by atoms with Crippen LogP contribution in [-0.4, -0.2) is 27.8 Å². The van der Waals surface area contributed by atoms with Crippen molar-refractivity contribution in [1.82, 2.24) is 9.97 Å². The van der Waals surface area contributed by atoms with Crippen molar-refractivity contribution < 1.29 is 9.84 Å². The molecule has 18 heavy (non-hydrogen) atoms. The molecule has 3 N–H and O–H groups in total. The Balaban J connectivity index is 1.95. The van der Waals surface area contributed by atoms with Gasteiger partial charge in [0.1, 0.15) is 6.10 Å². The summed E-state index contributed by atoms with van der Waals surface area (Å²) in [5.41, 5.74) is 2.00. The molecule has 1 aliphatic rings. The summed E-state index contributed by atoms with van der Waals surface area (Å²) in [5, 5.41) is 10.3. The third-order valence-corrected chi connectivity index (χ3v) is 3.64. The van der Waals surface area contributed by atoms with Crippen LogP contribution in [0.4, 0.5) is 0 Å². The van der Waals surface area contributed by atoms with E-state index in [0.29, 0.717) is 18.0 Å². The first-order chi connectivity index (χ1) is 8.65. The molecule has 3 unspecified atom stereocenters. The Morgan fingerprint density at radius 2 is 2.17 bits per heavy atom. The van der Waals surface area contributed by atoms with Crippen LogP contribution in [0.5, 0.6) is 0 Å². The summed E-state index contributed by atoms with van der Waals surface area (Å²) in [5.74, 6) is 0.348. The molecule has 3 atom stereocenters. The van der Waals surface area contributed by atoms with Gasteiger partial charge >= 0.3 is 5.69 Å². The number of hydrogen-bond donors (Lipinski definition) is 3. The number of hydrogen-bond acceptors (Lipinski definition) is 3. The minimum Gasteiger partial charge on any atom is -0.386 e. The average Bonchev–Trinajstić information content (AvgIpc) is 2.91. The zero-order chi connectivity index (χ0) is 12.7. The summed E-state index contributed by atoms with van der Waals surface area (Å²) in [6, 6.07) is 5.42. The van der Waals surface area contributed by atoms with E-state index in [4.69, 9.17) is 4.74 Å². The first-order valence-corrected chi connectivity index (χ1v) is 6.17. The van der Waals surface area contributed by atoms with E-state index in [2.05, 4.69) is 16.9 Å². The minimum absolute atomic E-state index is 0.159. The molecule has 3 rings (SSSR count).